The zero-order valence-electron chi connectivity index (χ0n) is 7.38. The lowest BCUT2D eigenvalue weighted by Gasteiger charge is -2.11. The fourth-order valence-electron chi connectivity index (χ4n) is 0.896. The fraction of sp³-hybridized carbons (Fsp3) is 0.286. The third-order valence-electron chi connectivity index (χ3n) is 1.49. The van der Waals surface area contributed by atoms with Crippen LogP contribution in [0.2, 0.25) is 0 Å². The number of aromatic nitrogens is 1. The molecule has 15 heavy (non-hydrogen) atoms. The summed E-state index contributed by atoms with van der Waals surface area (Å²) in [5.41, 5.74) is 10.3. The number of alkyl halides is 3. The second-order valence-corrected chi connectivity index (χ2v) is 2.59. The Labute approximate surface area is 82.5 Å². The first-order valence-electron chi connectivity index (χ1n) is 3.77. The van der Waals surface area contributed by atoms with Crippen LogP contribution in [0.15, 0.2) is 6.07 Å². The Morgan fingerprint density at radius 1 is 1.47 bits per heavy atom. The van der Waals surface area contributed by atoms with Gasteiger partial charge in [-0.25, -0.2) is 4.98 Å². The summed E-state index contributed by atoms with van der Waals surface area (Å²) in [6.45, 7) is -0.137. The molecule has 0 amide bonds. The van der Waals surface area contributed by atoms with E-state index in [0.29, 0.717) is 0 Å². The zero-order chi connectivity index (χ0) is 11.6. The third-order valence-corrected chi connectivity index (χ3v) is 1.49. The number of ether oxygens (including phenoxy) is 1. The van der Waals surface area contributed by atoms with E-state index >= 15 is 0 Å². The minimum Gasteiger partial charge on any atom is -0.506 e. The molecule has 84 valence electrons. The highest BCUT2D eigenvalue weighted by Gasteiger charge is 2.32. The molecule has 0 bridgehead atoms. The van der Waals surface area contributed by atoms with Gasteiger partial charge in [0, 0.05) is 12.6 Å². The summed E-state index contributed by atoms with van der Waals surface area (Å²) in [7, 11) is 0. The van der Waals surface area contributed by atoms with Gasteiger partial charge in [0.2, 0.25) is 0 Å². The summed E-state index contributed by atoms with van der Waals surface area (Å²) < 4.78 is 39.0. The largest absolute Gasteiger partial charge is 0.573 e. The van der Waals surface area contributed by atoms with Crippen molar-refractivity contribution in [3.8, 4) is 11.5 Å². The average molecular weight is 223 g/mol. The van der Waals surface area contributed by atoms with Gasteiger partial charge in [-0.3, -0.25) is 0 Å². The Bertz CT molecular complexity index is 367. The molecule has 1 rings (SSSR count). The van der Waals surface area contributed by atoms with Crippen LogP contribution < -0.4 is 16.2 Å². The predicted molar refractivity (Wildman–Crippen MR) is 44.9 cm³/mol. The molecular weight excluding hydrogens is 215 g/mol. The summed E-state index contributed by atoms with van der Waals surface area (Å²) in [5, 5.41) is 9.17. The Hall–Kier alpha value is -1.70. The lowest BCUT2D eigenvalue weighted by Crippen LogP contribution is -2.18. The number of anilines is 1. The second-order valence-electron chi connectivity index (χ2n) is 2.59. The van der Waals surface area contributed by atoms with Crippen LogP contribution in [0.5, 0.6) is 11.5 Å². The van der Waals surface area contributed by atoms with Crippen LogP contribution in [0.3, 0.4) is 0 Å². The molecular formula is C7H8F3N3O2. The summed E-state index contributed by atoms with van der Waals surface area (Å²) in [6.07, 6.45) is -4.88. The number of rotatable bonds is 2. The number of halogens is 3. The van der Waals surface area contributed by atoms with Crippen molar-refractivity contribution < 1.29 is 23.0 Å². The molecule has 0 fully saturated rings. The van der Waals surface area contributed by atoms with E-state index in [9.17, 15) is 13.2 Å². The highest BCUT2D eigenvalue weighted by Crippen LogP contribution is 2.31. The average Bonchev–Trinajstić information content (AvgIpc) is 2.08. The molecule has 0 spiro atoms. The fourth-order valence-corrected chi connectivity index (χ4v) is 0.896. The molecule has 0 atom stereocenters. The summed E-state index contributed by atoms with van der Waals surface area (Å²) in [4.78, 5) is 3.45. The number of nitrogens with two attached hydrogens (primary N) is 2. The standard InChI is InChI=1S/C7H8F3N3O2/c8-7(9,10)15-5-1-4(14)3(2-11)13-6(5)12/h1,14H,2,11H2,(H2,12,13). The molecule has 0 saturated heterocycles. The minimum absolute atomic E-state index is 0.00187. The van der Waals surface area contributed by atoms with Crippen LogP contribution in [-0.4, -0.2) is 16.5 Å². The molecule has 0 aliphatic rings. The van der Waals surface area contributed by atoms with Crippen molar-refractivity contribution >= 4 is 5.82 Å². The van der Waals surface area contributed by atoms with E-state index in [-0.39, 0.29) is 12.2 Å². The predicted octanol–water partition coefficient (Wildman–Crippen LogP) is 0.727. The lowest BCUT2D eigenvalue weighted by molar-refractivity contribution is -0.274. The van der Waals surface area contributed by atoms with Crippen molar-refractivity contribution in [3.63, 3.8) is 0 Å². The Morgan fingerprint density at radius 2 is 2.07 bits per heavy atom. The Balaban J connectivity index is 3.05. The zero-order valence-corrected chi connectivity index (χ0v) is 7.38. The second kappa shape index (κ2) is 3.81. The molecule has 0 aliphatic carbocycles. The van der Waals surface area contributed by atoms with E-state index in [0.717, 1.165) is 6.07 Å². The van der Waals surface area contributed by atoms with Crippen molar-refractivity contribution in [2.75, 3.05) is 5.73 Å². The minimum atomic E-state index is -4.88. The number of aromatic hydroxyl groups is 1. The van der Waals surface area contributed by atoms with Gasteiger partial charge in [-0.1, -0.05) is 0 Å². The lowest BCUT2D eigenvalue weighted by atomic mass is 10.3. The normalized spacial score (nSPS) is 11.5. The molecule has 0 aromatic carbocycles. The van der Waals surface area contributed by atoms with Gasteiger partial charge < -0.3 is 21.3 Å². The highest BCUT2D eigenvalue weighted by atomic mass is 19.4. The molecule has 0 radical (unpaired) electrons. The van der Waals surface area contributed by atoms with Crippen LogP contribution in [0.4, 0.5) is 19.0 Å². The van der Waals surface area contributed by atoms with Crippen molar-refractivity contribution in [1.29, 1.82) is 0 Å². The number of nitrogen functional groups attached to an aromatic ring is 1. The molecule has 0 unspecified atom stereocenters. The van der Waals surface area contributed by atoms with E-state index < -0.39 is 23.7 Å². The highest BCUT2D eigenvalue weighted by molar-refractivity contribution is 5.51. The van der Waals surface area contributed by atoms with Gasteiger partial charge in [0.25, 0.3) is 0 Å². The van der Waals surface area contributed by atoms with Crippen molar-refractivity contribution in [3.05, 3.63) is 11.8 Å². The Morgan fingerprint density at radius 3 is 2.53 bits per heavy atom. The van der Waals surface area contributed by atoms with Crippen LogP contribution in [0, 0.1) is 0 Å². The van der Waals surface area contributed by atoms with Crippen LogP contribution >= 0.6 is 0 Å². The van der Waals surface area contributed by atoms with Gasteiger partial charge in [0.15, 0.2) is 11.6 Å². The molecule has 5 nitrogen and oxygen atoms in total. The summed E-state index contributed by atoms with van der Waals surface area (Å²) >= 11 is 0. The molecule has 1 aromatic rings. The van der Waals surface area contributed by atoms with E-state index in [2.05, 4.69) is 9.72 Å². The SMILES string of the molecule is NCc1nc(N)c(OC(F)(F)F)cc1O. The molecule has 1 heterocycles. The number of pyridine rings is 1. The third kappa shape index (κ3) is 2.88. The van der Waals surface area contributed by atoms with Crippen LogP contribution in [0.1, 0.15) is 5.69 Å². The maximum Gasteiger partial charge on any atom is 0.573 e. The molecule has 0 saturated carbocycles. The number of hydrogen-bond donors (Lipinski definition) is 3. The van der Waals surface area contributed by atoms with Crippen molar-refractivity contribution in [1.82, 2.24) is 4.98 Å². The quantitative estimate of drug-likeness (QED) is 0.686. The smallest absolute Gasteiger partial charge is 0.506 e. The first-order chi connectivity index (χ1) is 6.83. The van der Waals surface area contributed by atoms with Gasteiger partial charge in [-0.05, 0) is 0 Å². The molecule has 5 N–H and O–H groups in total. The molecule has 0 aliphatic heterocycles. The number of hydrogen-bond acceptors (Lipinski definition) is 5. The molecule has 1 aromatic heterocycles. The first-order valence-corrected chi connectivity index (χ1v) is 3.77. The van der Waals surface area contributed by atoms with Crippen molar-refractivity contribution in [2.45, 2.75) is 12.9 Å². The number of nitrogens with zero attached hydrogens (tertiary/aromatic N) is 1. The summed E-state index contributed by atoms with van der Waals surface area (Å²) in [6, 6.07) is 0.720. The van der Waals surface area contributed by atoms with Gasteiger partial charge >= 0.3 is 6.36 Å². The van der Waals surface area contributed by atoms with Gasteiger partial charge in [0.1, 0.15) is 5.75 Å². The first kappa shape index (κ1) is 11.4. The van der Waals surface area contributed by atoms with Crippen LogP contribution in [-0.2, 0) is 6.54 Å². The van der Waals surface area contributed by atoms with E-state index in [4.69, 9.17) is 16.6 Å². The maximum absolute atomic E-state index is 11.8. The summed E-state index contributed by atoms with van der Waals surface area (Å²) in [5.74, 6) is -1.73. The van der Waals surface area contributed by atoms with E-state index in [1.807, 2.05) is 0 Å². The maximum atomic E-state index is 11.8. The topological polar surface area (TPSA) is 94.4 Å². The van der Waals surface area contributed by atoms with Gasteiger partial charge in [-0.2, -0.15) is 0 Å². The van der Waals surface area contributed by atoms with E-state index in [1.54, 1.807) is 0 Å². The molecule has 8 heteroatoms. The van der Waals surface area contributed by atoms with Gasteiger partial charge in [-0.15, -0.1) is 13.2 Å². The van der Waals surface area contributed by atoms with E-state index in [1.165, 1.54) is 0 Å². The Kier molecular flexibility index (Phi) is 2.89. The van der Waals surface area contributed by atoms with Gasteiger partial charge in [0.05, 0.1) is 5.69 Å². The van der Waals surface area contributed by atoms with Crippen molar-refractivity contribution in [2.24, 2.45) is 5.73 Å². The van der Waals surface area contributed by atoms with Crippen LogP contribution in [0.25, 0.3) is 0 Å². The monoisotopic (exact) mass is 223 g/mol.